The molecule has 7 heteroatoms. The van der Waals surface area contributed by atoms with Crippen molar-refractivity contribution in [3.63, 3.8) is 0 Å². The molecule has 0 aromatic heterocycles. The molecule has 1 aliphatic heterocycles. The quantitative estimate of drug-likeness (QED) is 0.528. The number of nitrogens with zero attached hydrogens (tertiary/aromatic N) is 1. The van der Waals surface area contributed by atoms with E-state index >= 15 is 0 Å². The van der Waals surface area contributed by atoms with Gasteiger partial charge in [0.15, 0.2) is 0 Å². The van der Waals surface area contributed by atoms with Crippen molar-refractivity contribution >= 4 is 23.2 Å². The summed E-state index contributed by atoms with van der Waals surface area (Å²) in [4.78, 5) is 27.4. The maximum atomic E-state index is 13.2. The summed E-state index contributed by atoms with van der Waals surface area (Å²) in [6.45, 7) is 0.205. The van der Waals surface area contributed by atoms with Gasteiger partial charge in [0, 0.05) is 18.7 Å². The molecule has 2 amide bonds. The zero-order valence-corrected chi connectivity index (χ0v) is 17.0. The van der Waals surface area contributed by atoms with Crippen LogP contribution in [0.3, 0.4) is 0 Å². The van der Waals surface area contributed by atoms with E-state index in [9.17, 15) is 14.7 Å². The van der Waals surface area contributed by atoms with Crippen molar-refractivity contribution in [2.24, 2.45) is 0 Å². The van der Waals surface area contributed by atoms with Crippen molar-refractivity contribution < 1.29 is 19.4 Å². The van der Waals surface area contributed by atoms with Gasteiger partial charge in [-0.1, -0.05) is 36.4 Å². The van der Waals surface area contributed by atoms with Gasteiger partial charge in [-0.25, -0.2) is 0 Å². The zero-order chi connectivity index (χ0) is 21.8. The maximum absolute atomic E-state index is 13.2. The second-order valence-corrected chi connectivity index (χ2v) is 7.18. The number of aromatic hydroxyl groups is 1. The number of benzene rings is 3. The molecule has 0 saturated carbocycles. The van der Waals surface area contributed by atoms with E-state index in [0.717, 1.165) is 17.0 Å². The summed E-state index contributed by atoms with van der Waals surface area (Å²) in [5, 5.41) is 16.0. The van der Waals surface area contributed by atoms with Crippen LogP contribution >= 0.6 is 0 Å². The van der Waals surface area contributed by atoms with Gasteiger partial charge in [0.1, 0.15) is 17.7 Å². The Hall–Kier alpha value is -4.00. The van der Waals surface area contributed by atoms with Gasteiger partial charge in [0.2, 0.25) is 5.91 Å². The van der Waals surface area contributed by atoms with E-state index in [2.05, 4.69) is 10.6 Å². The number of phenols is 1. The molecule has 0 radical (unpaired) electrons. The molecule has 1 atom stereocenters. The fourth-order valence-corrected chi connectivity index (χ4v) is 3.59. The predicted octanol–water partition coefficient (Wildman–Crippen LogP) is 4.00. The molecule has 0 fully saturated rings. The molecule has 3 N–H and O–H groups in total. The van der Waals surface area contributed by atoms with Gasteiger partial charge in [-0.15, -0.1) is 0 Å². The lowest BCUT2D eigenvalue weighted by atomic mass is 10.0. The van der Waals surface area contributed by atoms with Gasteiger partial charge in [0.25, 0.3) is 5.91 Å². The number of para-hydroxylation sites is 3. The second kappa shape index (κ2) is 8.79. The first kappa shape index (κ1) is 20.3. The topological polar surface area (TPSA) is 90.9 Å². The number of fused-ring (bicyclic) bond motifs is 1. The summed E-state index contributed by atoms with van der Waals surface area (Å²) in [6, 6.07) is 21.3. The molecule has 158 valence electrons. The molecule has 0 unspecified atom stereocenters. The molecule has 31 heavy (non-hydrogen) atoms. The molecule has 7 nitrogen and oxygen atoms in total. The molecule has 1 heterocycles. The summed E-state index contributed by atoms with van der Waals surface area (Å²) in [6.07, 6.45) is -0.345. The number of phenolic OH excluding ortho intramolecular Hbond substituents is 1. The average molecular weight is 417 g/mol. The molecular weight excluding hydrogens is 394 g/mol. The SMILES string of the molecule is COc1ccc([C@@H]2Nc3ccccc3C(=O)N2CCC(=O)Nc2ccccc2O)cc1. The van der Waals surface area contributed by atoms with E-state index in [-0.39, 0.29) is 30.5 Å². The lowest BCUT2D eigenvalue weighted by molar-refractivity contribution is -0.116. The number of methoxy groups -OCH3 is 1. The predicted molar refractivity (Wildman–Crippen MR) is 118 cm³/mol. The van der Waals surface area contributed by atoms with Gasteiger partial charge >= 0.3 is 0 Å². The van der Waals surface area contributed by atoms with Crippen LogP contribution in [0.5, 0.6) is 11.5 Å². The fourth-order valence-electron chi connectivity index (χ4n) is 3.59. The number of hydrogen-bond acceptors (Lipinski definition) is 5. The molecule has 3 aromatic rings. The number of hydrogen-bond donors (Lipinski definition) is 3. The summed E-state index contributed by atoms with van der Waals surface area (Å²) < 4.78 is 5.23. The molecule has 1 aliphatic rings. The number of amides is 2. The number of nitrogens with one attached hydrogen (secondary N) is 2. The molecule has 0 aliphatic carbocycles. The molecule has 0 saturated heterocycles. The normalized spacial score (nSPS) is 15.1. The Morgan fingerprint density at radius 3 is 2.52 bits per heavy atom. The molecule has 4 rings (SSSR count). The van der Waals surface area contributed by atoms with Gasteiger partial charge in [-0.05, 0) is 42.0 Å². The Morgan fingerprint density at radius 2 is 1.77 bits per heavy atom. The Bertz CT molecular complexity index is 1100. The Kier molecular flexibility index (Phi) is 5.75. The molecule has 0 bridgehead atoms. The molecule has 3 aromatic carbocycles. The number of anilines is 2. The minimum atomic E-state index is -0.425. The van der Waals surface area contributed by atoms with Crippen LogP contribution in [0, 0.1) is 0 Å². The van der Waals surface area contributed by atoms with Crippen molar-refractivity contribution in [2.45, 2.75) is 12.6 Å². The number of ether oxygens (including phenoxy) is 1. The third-order valence-electron chi connectivity index (χ3n) is 5.21. The fraction of sp³-hybridized carbons (Fsp3) is 0.167. The Morgan fingerprint density at radius 1 is 1.06 bits per heavy atom. The number of carbonyl (C=O) groups excluding carboxylic acids is 2. The summed E-state index contributed by atoms with van der Waals surface area (Å²) in [5.74, 6) is 0.281. The minimum Gasteiger partial charge on any atom is -0.506 e. The lowest BCUT2D eigenvalue weighted by Crippen LogP contribution is -2.44. The first-order valence-corrected chi connectivity index (χ1v) is 9.95. The van der Waals surface area contributed by atoms with E-state index < -0.39 is 6.17 Å². The van der Waals surface area contributed by atoms with E-state index in [0.29, 0.717) is 11.3 Å². The highest BCUT2D eigenvalue weighted by Crippen LogP contribution is 2.33. The van der Waals surface area contributed by atoms with E-state index in [4.69, 9.17) is 4.74 Å². The van der Waals surface area contributed by atoms with Gasteiger partial charge in [0.05, 0.1) is 18.4 Å². The first-order chi connectivity index (χ1) is 15.1. The van der Waals surface area contributed by atoms with Crippen LogP contribution in [0.15, 0.2) is 72.8 Å². The largest absolute Gasteiger partial charge is 0.506 e. The van der Waals surface area contributed by atoms with Crippen molar-refractivity contribution in [3.8, 4) is 11.5 Å². The van der Waals surface area contributed by atoms with Crippen LogP contribution < -0.4 is 15.4 Å². The molecular formula is C24H23N3O4. The van der Waals surface area contributed by atoms with E-state index in [1.807, 2.05) is 42.5 Å². The lowest BCUT2D eigenvalue weighted by Gasteiger charge is -2.38. The van der Waals surface area contributed by atoms with Crippen LogP contribution in [0.4, 0.5) is 11.4 Å². The second-order valence-electron chi connectivity index (χ2n) is 7.18. The Balaban J connectivity index is 1.55. The molecule has 0 spiro atoms. The van der Waals surface area contributed by atoms with Gasteiger partial charge in [-0.2, -0.15) is 0 Å². The van der Waals surface area contributed by atoms with Crippen LogP contribution in [-0.2, 0) is 4.79 Å². The van der Waals surface area contributed by atoms with Crippen molar-refractivity contribution in [1.82, 2.24) is 4.90 Å². The summed E-state index contributed by atoms with van der Waals surface area (Å²) in [5.41, 5.74) is 2.54. The monoisotopic (exact) mass is 417 g/mol. The number of carbonyl (C=O) groups is 2. The van der Waals surface area contributed by atoms with Crippen LogP contribution in [0.1, 0.15) is 28.5 Å². The summed E-state index contributed by atoms with van der Waals surface area (Å²) >= 11 is 0. The standard InChI is InChI=1S/C24H23N3O4/c1-31-17-12-10-16(11-13-17)23-26-19-7-3-2-6-18(19)24(30)27(23)15-14-22(29)25-20-8-4-5-9-21(20)28/h2-13,23,26,28H,14-15H2,1H3,(H,25,29)/t23-/m1/s1. The number of rotatable bonds is 6. The highest BCUT2D eigenvalue weighted by molar-refractivity contribution is 6.02. The van der Waals surface area contributed by atoms with E-state index in [1.165, 1.54) is 6.07 Å². The minimum absolute atomic E-state index is 0.00315. The highest BCUT2D eigenvalue weighted by Gasteiger charge is 2.32. The van der Waals surface area contributed by atoms with Crippen LogP contribution in [0.25, 0.3) is 0 Å². The van der Waals surface area contributed by atoms with Crippen molar-refractivity contribution in [3.05, 3.63) is 83.9 Å². The smallest absolute Gasteiger partial charge is 0.257 e. The van der Waals surface area contributed by atoms with Crippen molar-refractivity contribution in [2.75, 3.05) is 24.3 Å². The third-order valence-corrected chi connectivity index (χ3v) is 5.21. The summed E-state index contributed by atoms with van der Waals surface area (Å²) in [7, 11) is 1.60. The van der Waals surface area contributed by atoms with Gasteiger partial charge in [-0.3, -0.25) is 9.59 Å². The van der Waals surface area contributed by atoms with Crippen molar-refractivity contribution in [1.29, 1.82) is 0 Å². The van der Waals surface area contributed by atoms with E-state index in [1.54, 1.807) is 36.3 Å². The van der Waals surface area contributed by atoms with Crippen LogP contribution in [0.2, 0.25) is 0 Å². The third kappa shape index (κ3) is 4.30. The Labute approximate surface area is 180 Å². The van der Waals surface area contributed by atoms with Crippen LogP contribution in [-0.4, -0.2) is 35.5 Å². The average Bonchev–Trinajstić information content (AvgIpc) is 2.80. The highest BCUT2D eigenvalue weighted by atomic mass is 16.5. The maximum Gasteiger partial charge on any atom is 0.257 e. The first-order valence-electron chi connectivity index (χ1n) is 9.95. The zero-order valence-electron chi connectivity index (χ0n) is 17.0. The van der Waals surface area contributed by atoms with Gasteiger partial charge < -0.3 is 25.4 Å².